The van der Waals surface area contributed by atoms with Crippen molar-refractivity contribution in [1.29, 1.82) is 0 Å². The number of H-pyrrole nitrogens is 1. The number of aromatic amines is 1. The molecule has 0 radical (unpaired) electrons. The Morgan fingerprint density at radius 3 is 2.87 bits per heavy atom. The first-order valence-corrected chi connectivity index (χ1v) is 7.70. The topological polar surface area (TPSA) is 62.4 Å². The molecule has 0 saturated carbocycles. The van der Waals surface area contributed by atoms with E-state index in [9.17, 15) is 9.59 Å². The van der Waals surface area contributed by atoms with Crippen LogP contribution in [0.15, 0.2) is 36.5 Å². The zero-order chi connectivity index (χ0) is 16.4. The van der Waals surface area contributed by atoms with Crippen molar-refractivity contribution in [3.8, 4) is 0 Å². The molecule has 1 unspecified atom stereocenters. The predicted octanol–water partition coefficient (Wildman–Crippen LogP) is 2.39. The van der Waals surface area contributed by atoms with Crippen LogP contribution in [0, 0.1) is 0 Å². The first-order chi connectivity index (χ1) is 11.1. The maximum absolute atomic E-state index is 12.3. The van der Waals surface area contributed by atoms with Crippen LogP contribution in [-0.2, 0) is 20.7 Å². The van der Waals surface area contributed by atoms with Gasteiger partial charge >= 0.3 is 5.97 Å². The highest BCUT2D eigenvalue weighted by Gasteiger charge is 2.31. The number of benzene rings is 1. The number of hydrogen-bond donors (Lipinski definition) is 1. The smallest absolute Gasteiger partial charge is 0.316 e. The molecule has 2 aromatic rings. The standard InChI is InChI=1S/C18H20N2O3/c1-12(21)7-9-20-10-8-14-13-5-3-4-6-16(13)19-17(14)15(11-20)18(22)23-2/h3-7,9,15,19H,8,10-11H2,1-2H3/b9-7+. The molecule has 0 bridgehead atoms. The minimum absolute atomic E-state index is 0.00663. The van der Waals surface area contributed by atoms with Gasteiger partial charge in [0.05, 0.1) is 7.11 Å². The molecule has 1 atom stereocenters. The van der Waals surface area contributed by atoms with Gasteiger partial charge in [0.15, 0.2) is 5.78 Å². The van der Waals surface area contributed by atoms with E-state index >= 15 is 0 Å². The lowest BCUT2D eigenvalue weighted by Crippen LogP contribution is -2.28. The average Bonchev–Trinajstić information content (AvgIpc) is 2.81. The molecular formula is C18H20N2O3. The molecule has 0 fully saturated rings. The van der Waals surface area contributed by atoms with E-state index in [4.69, 9.17) is 4.74 Å². The number of ketones is 1. The third-order valence-electron chi connectivity index (χ3n) is 4.27. The zero-order valence-corrected chi connectivity index (χ0v) is 13.3. The second-order valence-electron chi connectivity index (χ2n) is 5.81. The van der Waals surface area contributed by atoms with E-state index in [0.717, 1.165) is 35.1 Å². The Hall–Kier alpha value is -2.56. The molecule has 1 aromatic heterocycles. The molecule has 5 heteroatoms. The number of esters is 1. The summed E-state index contributed by atoms with van der Waals surface area (Å²) in [7, 11) is 1.41. The van der Waals surface area contributed by atoms with Gasteiger partial charge in [-0.1, -0.05) is 18.2 Å². The Morgan fingerprint density at radius 1 is 1.35 bits per heavy atom. The summed E-state index contributed by atoms with van der Waals surface area (Å²) in [6.07, 6.45) is 4.12. The van der Waals surface area contributed by atoms with Crippen LogP contribution in [0.3, 0.4) is 0 Å². The second kappa shape index (κ2) is 6.28. The van der Waals surface area contributed by atoms with Crippen molar-refractivity contribution in [3.05, 3.63) is 47.8 Å². The molecule has 0 spiro atoms. The van der Waals surface area contributed by atoms with Crippen molar-refractivity contribution in [2.75, 3.05) is 20.2 Å². The van der Waals surface area contributed by atoms with Gasteiger partial charge < -0.3 is 14.6 Å². The van der Waals surface area contributed by atoms with E-state index in [0.29, 0.717) is 6.54 Å². The minimum Gasteiger partial charge on any atom is -0.468 e. The number of nitrogens with one attached hydrogen (secondary N) is 1. The Kier molecular flexibility index (Phi) is 4.19. The molecule has 5 nitrogen and oxygen atoms in total. The van der Waals surface area contributed by atoms with Crippen LogP contribution in [0.2, 0.25) is 0 Å². The van der Waals surface area contributed by atoms with E-state index in [-0.39, 0.29) is 17.7 Å². The number of rotatable bonds is 3. The van der Waals surface area contributed by atoms with Gasteiger partial charge in [-0.05, 0) is 31.1 Å². The summed E-state index contributed by atoms with van der Waals surface area (Å²) in [5, 5.41) is 1.15. The molecule has 1 aliphatic rings. The molecule has 120 valence electrons. The summed E-state index contributed by atoms with van der Waals surface area (Å²) in [6, 6.07) is 8.07. The first kappa shape index (κ1) is 15.3. The van der Waals surface area contributed by atoms with E-state index in [1.807, 2.05) is 23.1 Å². The zero-order valence-electron chi connectivity index (χ0n) is 13.3. The number of carbonyl (C=O) groups is 2. The summed E-state index contributed by atoms with van der Waals surface area (Å²) in [5.74, 6) is -0.657. The molecule has 3 rings (SSSR count). The molecule has 0 aliphatic carbocycles. The van der Waals surface area contributed by atoms with Crippen molar-refractivity contribution in [2.24, 2.45) is 0 Å². The third kappa shape index (κ3) is 2.99. The predicted molar refractivity (Wildman–Crippen MR) is 88.2 cm³/mol. The SMILES string of the molecule is COC(=O)C1CN(/C=C/C(C)=O)CCc2c1[nH]c1ccccc21. The minimum atomic E-state index is -0.387. The molecule has 1 N–H and O–H groups in total. The van der Waals surface area contributed by atoms with Gasteiger partial charge in [-0.25, -0.2) is 0 Å². The van der Waals surface area contributed by atoms with Crippen molar-refractivity contribution in [2.45, 2.75) is 19.3 Å². The van der Waals surface area contributed by atoms with Crippen LogP contribution in [0.5, 0.6) is 0 Å². The van der Waals surface area contributed by atoms with Gasteiger partial charge in [0.2, 0.25) is 0 Å². The third-order valence-corrected chi connectivity index (χ3v) is 4.27. The first-order valence-electron chi connectivity index (χ1n) is 7.70. The highest BCUT2D eigenvalue weighted by molar-refractivity contribution is 5.89. The Bertz CT molecular complexity index is 776. The number of allylic oxidation sites excluding steroid dienone is 1. The van der Waals surface area contributed by atoms with Gasteiger partial charge in [-0.3, -0.25) is 9.59 Å². The van der Waals surface area contributed by atoms with Gasteiger partial charge in [-0.2, -0.15) is 0 Å². The number of ether oxygens (including phenoxy) is 1. The molecule has 23 heavy (non-hydrogen) atoms. The molecule has 1 aliphatic heterocycles. The van der Waals surface area contributed by atoms with Gasteiger partial charge in [0.1, 0.15) is 5.92 Å². The normalized spacial score (nSPS) is 18.0. The summed E-state index contributed by atoms with van der Waals surface area (Å²) < 4.78 is 5.00. The van der Waals surface area contributed by atoms with Crippen LogP contribution in [0.25, 0.3) is 10.9 Å². The highest BCUT2D eigenvalue weighted by Crippen LogP contribution is 2.32. The Balaban J connectivity index is 2.02. The molecule has 1 aromatic carbocycles. The maximum Gasteiger partial charge on any atom is 0.316 e. The van der Waals surface area contributed by atoms with E-state index in [2.05, 4.69) is 11.1 Å². The highest BCUT2D eigenvalue weighted by atomic mass is 16.5. The Labute approximate surface area is 134 Å². The number of nitrogens with zero attached hydrogens (tertiary/aromatic N) is 1. The number of carbonyl (C=O) groups excluding carboxylic acids is 2. The number of fused-ring (bicyclic) bond motifs is 3. The van der Waals surface area contributed by atoms with E-state index in [1.165, 1.54) is 20.1 Å². The van der Waals surface area contributed by atoms with Crippen LogP contribution in [0.4, 0.5) is 0 Å². The van der Waals surface area contributed by atoms with Crippen molar-refractivity contribution in [3.63, 3.8) is 0 Å². The number of methoxy groups -OCH3 is 1. The van der Waals surface area contributed by atoms with Crippen LogP contribution in [0.1, 0.15) is 24.1 Å². The molecular weight excluding hydrogens is 292 g/mol. The maximum atomic E-state index is 12.3. The molecule has 2 heterocycles. The quantitative estimate of drug-likeness (QED) is 0.698. The number of para-hydroxylation sites is 1. The fourth-order valence-electron chi connectivity index (χ4n) is 3.14. The van der Waals surface area contributed by atoms with Crippen molar-refractivity contribution in [1.82, 2.24) is 9.88 Å². The summed E-state index contributed by atoms with van der Waals surface area (Å²) >= 11 is 0. The lowest BCUT2D eigenvalue weighted by molar-refractivity contribution is -0.142. The monoisotopic (exact) mass is 312 g/mol. The summed E-state index contributed by atoms with van der Waals surface area (Å²) in [5.41, 5.74) is 3.13. The van der Waals surface area contributed by atoms with Gasteiger partial charge in [0.25, 0.3) is 0 Å². The lowest BCUT2D eigenvalue weighted by atomic mass is 10.00. The fraction of sp³-hybridized carbons (Fsp3) is 0.333. The van der Waals surface area contributed by atoms with Crippen LogP contribution >= 0.6 is 0 Å². The summed E-state index contributed by atoms with van der Waals surface area (Å²) in [4.78, 5) is 28.9. The average molecular weight is 312 g/mol. The number of hydrogen-bond acceptors (Lipinski definition) is 4. The number of aromatic nitrogens is 1. The van der Waals surface area contributed by atoms with E-state index < -0.39 is 0 Å². The van der Waals surface area contributed by atoms with Crippen LogP contribution in [-0.4, -0.2) is 41.8 Å². The van der Waals surface area contributed by atoms with Crippen molar-refractivity contribution >= 4 is 22.7 Å². The molecule has 0 amide bonds. The summed E-state index contributed by atoms with van der Waals surface area (Å²) in [6.45, 7) is 2.77. The fourth-order valence-corrected chi connectivity index (χ4v) is 3.14. The Morgan fingerprint density at radius 2 is 2.13 bits per heavy atom. The van der Waals surface area contributed by atoms with E-state index in [1.54, 1.807) is 6.20 Å². The van der Waals surface area contributed by atoms with Crippen molar-refractivity contribution < 1.29 is 14.3 Å². The van der Waals surface area contributed by atoms with Gasteiger partial charge in [-0.15, -0.1) is 0 Å². The lowest BCUT2D eigenvalue weighted by Gasteiger charge is -2.21. The largest absolute Gasteiger partial charge is 0.468 e. The second-order valence-corrected chi connectivity index (χ2v) is 5.81. The van der Waals surface area contributed by atoms with Crippen LogP contribution < -0.4 is 0 Å². The van der Waals surface area contributed by atoms with Gasteiger partial charge in [0, 0.05) is 35.9 Å². The molecule has 0 saturated heterocycles.